The molecule has 0 saturated heterocycles. The summed E-state index contributed by atoms with van der Waals surface area (Å²) in [6, 6.07) is 10.2. The number of benzene rings is 2. The molecule has 2 aromatic rings. The highest BCUT2D eigenvalue weighted by Gasteiger charge is 2.55. The van der Waals surface area contributed by atoms with Crippen LogP contribution in [0.2, 0.25) is 0 Å². The van der Waals surface area contributed by atoms with E-state index in [0.717, 1.165) is 11.1 Å². The van der Waals surface area contributed by atoms with Gasteiger partial charge >= 0.3 is 0 Å². The lowest BCUT2D eigenvalue weighted by Gasteiger charge is -2.41. The second-order valence-corrected chi connectivity index (χ2v) is 7.79. The topological polar surface area (TPSA) is 77.2 Å². The van der Waals surface area contributed by atoms with Gasteiger partial charge in [0.2, 0.25) is 0 Å². The molecule has 0 aromatic heterocycles. The van der Waals surface area contributed by atoms with Crippen molar-refractivity contribution in [1.82, 2.24) is 4.90 Å². The van der Waals surface area contributed by atoms with Gasteiger partial charge in [0.1, 0.15) is 11.4 Å². The van der Waals surface area contributed by atoms with Crippen LogP contribution in [0.1, 0.15) is 25.8 Å². The number of likely N-dealkylation sites (N-methyl/N-ethyl adjacent to an activating group) is 1. The van der Waals surface area contributed by atoms with Gasteiger partial charge in [0.15, 0.2) is 23.1 Å². The number of halogens is 1. The van der Waals surface area contributed by atoms with Gasteiger partial charge in [-0.2, -0.15) is 0 Å². The van der Waals surface area contributed by atoms with Gasteiger partial charge in [0.25, 0.3) is 5.91 Å². The summed E-state index contributed by atoms with van der Waals surface area (Å²) in [5, 5.41) is 0. The molecule has 1 unspecified atom stereocenters. The van der Waals surface area contributed by atoms with Crippen LogP contribution in [0.5, 0.6) is 11.5 Å². The molecule has 6 nitrogen and oxygen atoms in total. The molecule has 7 heteroatoms. The van der Waals surface area contributed by atoms with E-state index in [1.165, 1.54) is 18.1 Å². The Morgan fingerprint density at radius 3 is 2.54 bits per heavy atom. The number of guanidine groups is 1. The Kier molecular flexibility index (Phi) is 3.89. The van der Waals surface area contributed by atoms with Crippen molar-refractivity contribution in [3.8, 4) is 22.6 Å². The second-order valence-electron chi connectivity index (χ2n) is 7.79. The van der Waals surface area contributed by atoms with Crippen molar-refractivity contribution in [1.29, 1.82) is 0 Å². The molecule has 0 saturated carbocycles. The van der Waals surface area contributed by atoms with Gasteiger partial charge in [-0.15, -0.1) is 0 Å². The standard InChI is InChI=1S/C21H22FN3O3/c1-20(2)11-21(18(26)25(3)19(23)24-21)14-9-12(6-8-16(14)28-20)13-5-7-15(22)17(10-13)27-4/h5-10H,11H2,1-4H3,(H2,23,24). The van der Waals surface area contributed by atoms with E-state index in [-0.39, 0.29) is 17.6 Å². The summed E-state index contributed by atoms with van der Waals surface area (Å²) in [6.07, 6.45) is 0.368. The first kappa shape index (κ1) is 18.3. The van der Waals surface area contributed by atoms with E-state index in [4.69, 9.17) is 15.2 Å². The molecule has 1 amide bonds. The molecule has 1 spiro atoms. The van der Waals surface area contributed by atoms with E-state index in [1.54, 1.807) is 19.2 Å². The fourth-order valence-corrected chi connectivity index (χ4v) is 4.00. The number of hydrogen-bond donors (Lipinski definition) is 1. The fourth-order valence-electron chi connectivity index (χ4n) is 4.00. The Balaban J connectivity index is 1.90. The highest BCUT2D eigenvalue weighted by Crippen LogP contribution is 2.49. The minimum absolute atomic E-state index is 0.154. The molecule has 28 heavy (non-hydrogen) atoms. The lowest BCUT2D eigenvalue weighted by molar-refractivity contribution is -0.133. The molecule has 0 aliphatic carbocycles. The molecule has 2 aromatic carbocycles. The maximum Gasteiger partial charge on any atom is 0.261 e. The van der Waals surface area contributed by atoms with Crippen LogP contribution in [0, 0.1) is 5.82 Å². The smallest absolute Gasteiger partial charge is 0.261 e. The lowest BCUT2D eigenvalue weighted by Crippen LogP contribution is -2.49. The van der Waals surface area contributed by atoms with Gasteiger partial charge in [-0.05, 0) is 49.2 Å². The van der Waals surface area contributed by atoms with Crippen molar-refractivity contribution < 1.29 is 18.7 Å². The maximum atomic E-state index is 13.8. The number of carbonyl (C=O) groups excluding carboxylic acids is 1. The van der Waals surface area contributed by atoms with Gasteiger partial charge in [-0.3, -0.25) is 9.69 Å². The average Bonchev–Trinajstić information content (AvgIpc) is 2.85. The Morgan fingerprint density at radius 1 is 1.21 bits per heavy atom. The summed E-state index contributed by atoms with van der Waals surface area (Å²) in [7, 11) is 3.04. The summed E-state index contributed by atoms with van der Waals surface area (Å²) in [5.41, 5.74) is 6.49. The van der Waals surface area contributed by atoms with Crippen molar-refractivity contribution in [2.75, 3.05) is 14.2 Å². The van der Waals surface area contributed by atoms with Gasteiger partial charge < -0.3 is 15.2 Å². The van der Waals surface area contributed by atoms with Crippen LogP contribution in [0.25, 0.3) is 11.1 Å². The number of nitrogens with two attached hydrogens (primary N) is 1. The Bertz CT molecular complexity index is 1020. The molecule has 2 aliphatic rings. The molecular weight excluding hydrogens is 361 g/mol. The van der Waals surface area contributed by atoms with Crippen molar-refractivity contribution in [3.05, 3.63) is 47.8 Å². The van der Waals surface area contributed by atoms with Crippen molar-refractivity contribution >= 4 is 11.9 Å². The normalized spacial score (nSPS) is 22.7. The third kappa shape index (κ3) is 2.61. The molecule has 2 N–H and O–H groups in total. The van der Waals surface area contributed by atoms with Crippen LogP contribution in [0.15, 0.2) is 41.4 Å². The Labute approximate surface area is 162 Å². The van der Waals surface area contributed by atoms with Crippen molar-refractivity contribution in [2.24, 2.45) is 10.7 Å². The number of methoxy groups -OCH3 is 1. The van der Waals surface area contributed by atoms with Crippen LogP contribution in [-0.2, 0) is 10.3 Å². The molecule has 0 radical (unpaired) electrons. The third-order valence-corrected chi connectivity index (χ3v) is 5.28. The van der Waals surface area contributed by atoms with Crippen LogP contribution in [-0.4, -0.2) is 36.5 Å². The summed E-state index contributed by atoms with van der Waals surface area (Å²) >= 11 is 0. The van der Waals surface area contributed by atoms with Crippen LogP contribution in [0.4, 0.5) is 4.39 Å². The molecule has 2 heterocycles. The quantitative estimate of drug-likeness (QED) is 0.865. The highest BCUT2D eigenvalue weighted by molar-refractivity contribution is 6.07. The minimum Gasteiger partial charge on any atom is -0.494 e. The number of rotatable bonds is 2. The van der Waals surface area contributed by atoms with E-state index < -0.39 is 17.0 Å². The maximum absolute atomic E-state index is 13.8. The number of carbonyl (C=O) groups is 1. The predicted octanol–water partition coefficient (Wildman–Crippen LogP) is 3.04. The summed E-state index contributed by atoms with van der Waals surface area (Å²) in [6.45, 7) is 3.85. The zero-order chi connectivity index (χ0) is 20.3. The number of ether oxygens (including phenoxy) is 2. The average molecular weight is 383 g/mol. The number of fused-ring (bicyclic) bond motifs is 2. The zero-order valence-electron chi connectivity index (χ0n) is 16.2. The van der Waals surface area contributed by atoms with Gasteiger partial charge in [-0.1, -0.05) is 12.1 Å². The van der Waals surface area contributed by atoms with E-state index in [2.05, 4.69) is 4.99 Å². The lowest BCUT2D eigenvalue weighted by atomic mass is 9.77. The van der Waals surface area contributed by atoms with E-state index >= 15 is 0 Å². The molecule has 146 valence electrons. The number of aliphatic imine (C=N–C) groups is 1. The zero-order valence-corrected chi connectivity index (χ0v) is 16.2. The van der Waals surface area contributed by atoms with Crippen LogP contribution < -0.4 is 15.2 Å². The van der Waals surface area contributed by atoms with Crippen LogP contribution in [0.3, 0.4) is 0 Å². The van der Waals surface area contributed by atoms with Gasteiger partial charge in [-0.25, -0.2) is 9.38 Å². The number of amides is 1. The summed E-state index contributed by atoms with van der Waals surface area (Å²) in [5.74, 6) is 0.310. The first-order valence-electron chi connectivity index (χ1n) is 8.98. The van der Waals surface area contributed by atoms with E-state index in [0.29, 0.717) is 17.7 Å². The summed E-state index contributed by atoms with van der Waals surface area (Å²) < 4.78 is 25.0. The first-order chi connectivity index (χ1) is 13.2. The molecular formula is C21H22FN3O3. The number of nitrogens with zero attached hydrogens (tertiary/aromatic N) is 2. The van der Waals surface area contributed by atoms with Gasteiger partial charge in [0, 0.05) is 19.0 Å². The largest absolute Gasteiger partial charge is 0.494 e. The SMILES string of the molecule is COc1cc(-c2ccc3c(c2)C2(CC(C)(C)O3)N=C(N)N(C)C2=O)ccc1F. The monoisotopic (exact) mass is 383 g/mol. The third-order valence-electron chi connectivity index (χ3n) is 5.28. The molecule has 1 atom stereocenters. The Morgan fingerprint density at radius 2 is 1.89 bits per heavy atom. The molecule has 2 aliphatic heterocycles. The number of hydrogen-bond acceptors (Lipinski definition) is 5. The highest BCUT2D eigenvalue weighted by atomic mass is 19.1. The first-order valence-corrected chi connectivity index (χ1v) is 8.98. The molecule has 4 rings (SSSR count). The van der Waals surface area contributed by atoms with Crippen LogP contribution >= 0.6 is 0 Å². The second kappa shape index (κ2) is 5.95. The minimum atomic E-state index is -1.13. The van der Waals surface area contributed by atoms with Crippen molar-refractivity contribution in [2.45, 2.75) is 31.4 Å². The van der Waals surface area contributed by atoms with Crippen molar-refractivity contribution in [3.63, 3.8) is 0 Å². The predicted molar refractivity (Wildman–Crippen MR) is 104 cm³/mol. The molecule has 0 fully saturated rings. The molecule has 0 bridgehead atoms. The van der Waals surface area contributed by atoms with E-state index in [9.17, 15) is 9.18 Å². The Hall–Kier alpha value is -3.09. The fraction of sp³-hybridized carbons (Fsp3) is 0.333. The summed E-state index contributed by atoms with van der Waals surface area (Å²) in [4.78, 5) is 19.1. The van der Waals surface area contributed by atoms with E-state index in [1.807, 2.05) is 32.0 Å². The van der Waals surface area contributed by atoms with Gasteiger partial charge in [0.05, 0.1) is 7.11 Å².